The third-order valence-corrected chi connectivity index (χ3v) is 3.58. The predicted molar refractivity (Wildman–Crippen MR) is 83.6 cm³/mol. The van der Waals surface area contributed by atoms with Crippen LogP contribution >= 0.6 is 0 Å². The maximum Gasteiger partial charge on any atom is 0.186 e. The first-order valence-corrected chi connectivity index (χ1v) is 7.45. The molecule has 2 rings (SSSR count). The molecule has 0 aliphatic carbocycles. The van der Waals surface area contributed by atoms with E-state index in [9.17, 15) is 0 Å². The molecule has 0 amide bonds. The average molecular weight is 283 g/mol. The fourth-order valence-electron chi connectivity index (χ4n) is 2.45. The van der Waals surface area contributed by atoms with Crippen molar-refractivity contribution >= 4 is 5.69 Å². The number of hydrogen-bond donors (Lipinski definition) is 0. The van der Waals surface area contributed by atoms with Crippen LogP contribution in [0.3, 0.4) is 0 Å². The Morgan fingerprint density at radius 1 is 1.14 bits per heavy atom. The lowest BCUT2D eigenvalue weighted by Crippen LogP contribution is -2.21. The normalized spacial score (nSPS) is 10.4. The standard InChI is InChI=1S/C16H21N5/c1-4-7-16-15(12-17)18-19-21(16)14-10-8-13(9-11-14)20(5-2)6-3/h8-11H,4-7H2,1-3H3. The molecule has 1 aromatic carbocycles. The van der Waals surface area contributed by atoms with Crippen LogP contribution in [0, 0.1) is 11.3 Å². The predicted octanol–water partition coefficient (Wildman–Crippen LogP) is 2.94. The molecule has 0 radical (unpaired) electrons. The lowest BCUT2D eigenvalue weighted by Gasteiger charge is -2.21. The van der Waals surface area contributed by atoms with Crippen LogP contribution in [0.15, 0.2) is 24.3 Å². The van der Waals surface area contributed by atoms with E-state index in [0.717, 1.165) is 37.3 Å². The number of benzene rings is 1. The van der Waals surface area contributed by atoms with E-state index in [1.54, 1.807) is 4.68 Å². The van der Waals surface area contributed by atoms with Gasteiger partial charge in [0.1, 0.15) is 6.07 Å². The van der Waals surface area contributed by atoms with Gasteiger partial charge in [-0.15, -0.1) is 5.10 Å². The number of aromatic nitrogens is 3. The van der Waals surface area contributed by atoms with Crippen LogP contribution in [0.2, 0.25) is 0 Å². The van der Waals surface area contributed by atoms with E-state index in [-0.39, 0.29) is 0 Å². The molecular weight excluding hydrogens is 262 g/mol. The van der Waals surface area contributed by atoms with Gasteiger partial charge in [0, 0.05) is 18.8 Å². The maximum absolute atomic E-state index is 9.11. The molecule has 0 aliphatic heterocycles. The Morgan fingerprint density at radius 3 is 2.33 bits per heavy atom. The summed E-state index contributed by atoms with van der Waals surface area (Å²) in [6.07, 6.45) is 1.76. The van der Waals surface area contributed by atoms with Crippen LogP contribution in [-0.2, 0) is 6.42 Å². The van der Waals surface area contributed by atoms with Gasteiger partial charge in [0.2, 0.25) is 0 Å². The second-order valence-electron chi connectivity index (χ2n) is 4.85. The van der Waals surface area contributed by atoms with Gasteiger partial charge >= 0.3 is 0 Å². The molecule has 0 aliphatic rings. The molecule has 1 heterocycles. The van der Waals surface area contributed by atoms with Crippen molar-refractivity contribution < 1.29 is 0 Å². The first-order chi connectivity index (χ1) is 10.2. The number of anilines is 1. The lowest BCUT2D eigenvalue weighted by atomic mass is 10.2. The third kappa shape index (κ3) is 3.05. The quantitative estimate of drug-likeness (QED) is 0.818. The van der Waals surface area contributed by atoms with Crippen molar-refractivity contribution in [2.45, 2.75) is 33.6 Å². The van der Waals surface area contributed by atoms with Gasteiger partial charge in [-0.2, -0.15) is 5.26 Å². The molecule has 0 unspecified atom stereocenters. The van der Waals surface area contributed by atoms with Gasteiger partial charge in [0.15, 0.2) is 5.69 Å². The first-order valence-electron chi connectivity index (χ1n) is 7.45. The minimum absolute atomic E-state index is 0.421. The van der Waals surface area contributed by atoms with Crippen LogP contribution in [0.5, 0.6) is 0 Å². The lowest BCUT2D eigenvalue weighted by molar-refractivity contribution is 0.745. The van der Waals surface area contributed by atoms with Crippen LogP contribution in [0.1, 0.15) is 38.6 Å². The van der Waals surface area contributed by atoms with E-state index in [0.29, 0.717) is 5.69 Å². The van der Waals surface area contributed by atoms with E-state index in [4.69, 9.17) is 5.26 Å². The van der Waals surface area contributed by atoms with E-state index in [2.05, 4.69) is 54.2 Å². The molecule has 0 saturated heterocycles. The summed E-state index contributed by atoms with van der Waals surface area (Å²) < 4.78 is 1.77. The Balaban J connectivity index is 2.35. The minimum Gasteiger partial charge on any atom is -0.372 e. The number of rotatable bonds is 6. The topological polar surface area (TPSA) is 57.7 Å². The van der Waals surface area contributed by atoms with Gasteiger partial charge in [-0.1, -0.05) is 18.6 Å². The summed E-state index contributed by atoms with van der Waals surface area (Å²) in [6.45, 7) is 8.35. The SMILES string of the molecule is CCCc1c(C#N)nnn1-c1ccc(N(CC)CC)cc1. The van der Waals surface area contributed by atoms with Crippen LogP contribution in [-0.4, -0.2) is 28.1 Å². The fourth-order valence-corrected chi connectivity index (χ4v) is 2.45. The van der Waals surface area contributed by atoms with Crippen LogP contribution < -0.4 is 4.90 Å². The molecule has 0 N–H and O–H groups in total. The molecule has 21 heavy (non-hydrogen) atoms. The molecule has 0 atom stereocenters. The van der Waals surface area contributed by atoms with Gasteiger partial charge in [-0.3, -0.25) is 0 Å². The molecule has 110 valence electrons. The monoisotopic (exact) mass is 283 g/mol. The number of hydrogen-bond acceptors (Lipinski definition) is 4. The average Bonchev–Trinajstić information content (AvgIpc) is 2.92. The molecule has 0 spiro atoms. The molecule has 0 fully saturated rings. The van der Waals surface area contributed by atoms with Crippen molar-refractivity contribution in [2.75, 3.05) is 18.0 Å². The van der Waals surface area contributed by atoms with E-state index in [1.165, 1.54) is 5.69 Å². The molecule has 5 nitrogen and oxygen atoms in total. The van der Waals surface area contributed by atoms with E-state index >= 15 is 0 Å². The summed E-state index contributed by atoms with van der Waals surface area (Å²) in [5, 5.41) is 17.2. The Morgan fingerprint density at radius 2 is 1.81 bits per heavy atom. The summed E-state index contributed by atoms with van der Waals surface area (Å²) in [7, 11) is 0. The van der Waals surface area contributed by atoms with Gasteiger partial charge in [0.05, 0.1) is 11.4 Å². The fraction of sp³-hybridized carbons (Fsp3) is 0.438. The van der Waals surface area contributed by atoms with Crippen molar-refractivity contribution in [1.82, 2.24) is 15.0 Å². The Labute approximate surface area is 125 Å². The molecule has 1 aromatic heterocycles. The highest BCUT2D eigenvalue weighted by molar-refractivity contribution is 5.51. The van der Waals surface area contributed by atoms with Crippen LogP contribution in [0.4, 0.5) is 5.69 Å². The highest BCUT2D eigenvalue weighted by Crippen LogP contribution is 2.19. The molecule has 0 saturated carbocycles. The van der Waals surface area contributed by atoms with E-state index < -0.39 is 0 Å². The van der Waals surface area contributed by atoms with Crippen molar-refractivity contribution in [3.63, 3.8) is 0 Å². The van der Waals surface area contributed by atoms with Crippen molar-refractivity contribution in [1.29, 1.82) is 5.26 Å². The van der Waals surface area contributed by atoms with Crippen molar-refractivity contribution in [3.05, 3.63) is 35.7 Å². The van der Waals surface area contributed by atoms with E-state index in [1.807, 2.05) is 12.1 Å². The Bertz CT molecular complexity index is 617. The van der Waals surface area contributed by atoms with Crippen LogP contribution in [0.25, 0.3) is 5.69 Å². The maximum atomic E-state index is 9.11. The zero-order valence-corrected chi connectivity index (χ0v) is 12.9. The minimum atomic E-state index is 0.421. The smallest absolute Gasteiger partial charge is 0.186 e. The summed E-state index contributed by atoms with van der Waals surface area (Å²) >= 11 is 0. The van der Waals surface area contributed by atoms with Gasteiger partial charge in [-0.25, -0.2) is 4.68 Å². The largest absolute Gasteiger partial charge is 0.372 e. The molecule has 0 bridgehead atoms. The van der Waals surface area contributed by atoms with Gasteiger partial charge in [0.25, 0.3) is 0 Å². The second kappa shape index (κ2) is 6.89. The Hall–Kier alpha value is -2.35. The highest BCUT2D eigenvalue weighted by Gasteiger charge is 2.13. The zero-order valence-electron chi connectivity index (χ0n) is 12.9. The first kappa shape index (κ1) is 15.0. The third-order valence-electron chi connectivity index (χ3n) is 3.58. The zero-order chi connectivity index (χ0) is 15.2. The van der Waals surface area contributed by atoms with Gasteiger partial charge < -0.3 is 4.90 Å². The second-order valence-corrected chi connectivity index (χ2v) is 4.85. The Kier molecular flexibility index (Phi) is 4.94. The summed E-state index contributed by atoms with van der Waals surface area (Å²) in [4.78, 5) is 2.29. The summed E-state index contributed by atoms with van der Waals surface area (Å²) in [6, 6.07) is 10.4. The van der Waals surface area contributed by atoms with Crippen molar-refractivity contribution in [3.8, 4) is 11.8 Å². The molecule has 5 heteroatoms. The highest BCUT2D eigenvalue weighted by atomic mass is 15.4. The molecule has 2 aromatic rings. The van der Waals surface area contributed by atoms with Gasteiger partial charge in [-0.05, 0) is 44.5 Å². The summed E-state index contributed by atoms with van der Waals surface area (Å²) in [5.74, 6) is 0. The number of nitrogens with zero attached hydrogens (tertiary/aromatic N) is 5. The van der Waals surface area contributed by atoms with Crippen molar-refractivity contribution in [2.24, 2.45) is 0 Å². The summed E-state index contributed by atoms with van der Waals surface area (Å²) in [5.41, 5.74) is 3.45. The number of nitriles is 1. The molecular formula is C16H21N5.